The van der Waals surface area contributed by atoms with Crippen LogP contribution in [-0.4, -0.2) is 44.9 Å². The summed E-state index contributed by atoms with van der Waals surface area (Å²) in [6, 6.07) is 2.60. The second-order valence-electron chi connectivity index (χ2n) is 4.12. The molecule has 2 N–H and O–H groups in total. The molecule has 0 aromatic heterocycles. The number of halogens is 1. The minimum absolute atomic E-state index is 0.0565. The number of benzene rings is 1. The molecule has 1 aromatic rings. The molecule has 7 nitrogen and oxygen atoms in total. The Labute approximate surface area is 120 Å². The number of rotatable bonds is 4. The maximum Gasteiger partial charge on any atom is 0.327 e. The van der Waals surface area contributed by atoms with Crippen molar-refractivity contribution in [2.45, 2.75) is 12.5 Å². The van der Waals surface area contributed by atoms with E-state index in [1.54, 1.807) is 6.07 Å². The molecule has 0 radical (unpaired) electrons. The van der Waals surface area contributed by atoms with Crippen LogP contribution in [0.25, 0.3) is 0 Å². The Balaban J connectivity index is 2.45. The van der Waals surface area contributed by atoms with E-state index in [0.29, 0.717) is 9.37 Å². The summed E-state index contributed by atoms with van der Waals surface area (Å²) in [5, 5.41) is 17.7. The van der Waals surface area contributed by atoms with Gasteiger partial charge in [-0.05, 0) is 18.2 Å². The van der Waals surface area contributed by atoms with Crippen LogP contribution in [0.1, 0.15) is 27.1 Å². The molecular weight excluding hydrogens is 334 g/mol. The van der Waals surface area contributed by atoms with Crippen molar-refractivity contribution < 1.29 is 29.4 Å². The average Bonchev–Trinajstić information content (AvgIpc) is 2.58. The van der Waals surface area contributed by atoms with E-state index in [4.69, 9.17) is 10.2 Å². The number of carboxylic acid groups (broad SMARTS) is 2. The number of aliphatic carboxylic acids is 2. The molecule has 1 aromatic carbocycles. The molecule has 1 unspecified atom stereocenters. The fourth-order valence-electron chi connectivity index (χ4n) is 1.97. The van der Waals surface area contributed by atoms with Crippen molar-refractivity contribution in [2.75, 3.05) is 0 Å². The number of fused-ring (bicyclic) bond motifs is 1. The summed E-state index contributed by atoms with van der Waals surface area (Å²) in [5.74, 6) is -4.55. The fourth-order valence-corrected chi connectivity index (χ4v) is 2.33. The number of carbonyl (C=O) groups is 4. The largest absolute Gasteiger partial charge is 0.481 e. The van der Waals surface area contributed by atoms with Crippen LogP contribution in [0.2, 0.25) is 0 Å². The molecule has 8 heteroatoms. The number of imide groups is 1. The number of hydrogen-bond acceptors (Lipinski definition) is 4. The number of carbonyl (C=O) groups excluding carboxylic acids is 2. The Kier molecular flexibility index (Phi) is 3.58. The number of hydrogen-bond donors (Lipinski definition) is 2. The van der Waals surface area contributed by atoms with Gasteiger partial charge >= 0.3 is 11.9 Å². The summed E-state index contributed by atoms with van der Waals surface area (Å²) >= 11 is 3.15. The third-order valence-corrected chi connectivity index (χ3v) is 3.34. The monoisotopic (exact) mass is 341 g/mol. The van der Waals surface area contributed by atoms with Gasteiger partial charge in [-0.25, -0.2) is 4.79 Å². The molecule has 20 heavy (non-hydrogen) atoms. The molecule has 1 aliphatic heterocycles. The van der Waals surface area contributed by atoms with Crippen LogP contribution >= 0.6 is 15.9 Å². The van der Waals surface area contributed by atoms with Gasteiger partial charge in [0.2, 0.25) is 0 Å². The zero-order valence-electron chi connectivity index (χ0n) is 9.87. The van der Waals surface area contributed by atoms with Gasteiger partial charge in [0, 0.05) is 4.47 Å². The fraction of sp³-hybridized carbons (Fsp3) is 0.167. The van der Waals surface area contributed by atoms with Crippen LogP contribution in [-0.2, 0) is 9.59 Å². The van der Waals surface area contributed by atoms with Crippen LogP contribution in [0.4, 0.5) is 0 Å². The molecule has 1 aliphatic rings. The summed E-state index contributed by atoms with van der Waals surface area (Å²) in [5.41, 5.74) is 0.121. The smallest absolute Gasteiger partial charge is 0.327 e. The maximum absolute atomic E-state index is 12.1. The van der Waals surface area contributed by atoms with E-state index in [1.807, 2.05) is 0 Å². The van der Waals surface area contributed by atoms with Gasteiger partial charge < -0.3 is 10.2 Å². The SMILES string of the molecule is O=C(O)CC(C(=O)O)N1C(=O)c2ccc(Br)cc2C1=O. The highest BCUT2D eigenvalue weighted by atomic mass is 79.9. The van der Waals surface area contributed by atoms with Gasteiger partial charge in [0.25, 0.3) is 11.8 Å². The Morgan fingerprint density at radius 1 is 1.15 bits per heavy atom. The predicted molar refractivity (Wildman–Crippen MR) is 68.3 cm³/mol. The first-order chi connectivity index (χ1) is 9.32. The predicted octanol–water partition coefficient (Wildman–Crippen LogP) is 0.973. The van der Waals surface area contributed by atoms with E-state index >= 15 is 0 Å². The molecule has 0 fully saturated rings. The molecule has 2 rings (SSSR count). The van der Waals surface area contributed by atoms with Gasteiger partial charge in [0.15, 0.2) is 0 Å². The summed E-state index contributed by atoms with van der Waals surface area (Å²) < 4.78 is 0.560. The zero-order valence-corrected chi connectivity index (χ0v) is 11.5. The Bertz CT molecular complexity index is 641. The van der Waals surface area contributed by atoms with E-state index in [1.165, 1.54) is 12.1 Å². The van der Waals surface area contributed by atoms with Gasteiger partial charge in [0.05, 0.1) is 17.5 Å². The van der Waals surface area contributed by atoms with Crippen molar-refractivity contribution in [3.8, 4) is 0 Å². The number of nitrogens with zero attached hydrogens (tertiary/aromatic N) is 1. The summed E-state index contributed by atoms with van der Waals surface area (Å²) in [6.07, 6.45) is -0.845. The average molecular weight is 342 g/mol. The highest BCUT2D eigenvalue weighted by Crippen LogP contribution is 2.28. The van der Waals surface area contributed by atoms with Crippen LogP contribution < -0.4 is 0 Å². The topological polar surface area (TPSA) is 112 Å². The van der Waals surface area contributed by atoms with Crippen molar-refractivity contribution in [1.82, 2.24) is 4.90 Å². The van der Waals surface area contributed by atoms with Crippen LogP contribution in [0.5, 0.6) is 0 Å². The first-order valence-electron chi connectivity index (χ1n) is 5.45. The Hall–Kier alpha value is -2.22. The molecule has 0 saturated heterocycles. The van der Waals surface area contributed by atoms with Crippen molar-refractivity contribution in [3.05, 3.63) is 33.8 Å². The summed E-state index contributed by atoms with van der Waals surface area (Å²) in [6.45, 7) is 0. The molecule has 1 heterocycles. The molecule has 2 amide bonds. The quantitative estimate of drug-likeness (QED) is 0.789. The molecular formula is C12H8BrNO6. The highest BCUT2D eigenvalue weighted by Gasteiger charge is 2.43. The van der Waals surface area contributed by atoms with Gasteiger partial charge in [-0.15, -0.1) is 0 Å². The maximum atomic E-state index is 12.1. The number of carboxylic acids is 2. The van der Waals surface area contributed by atoms with E-state index in [-0.39, 0.29) is 11.1 Å². The minimum atomic E-state index is -1.72. The van der Waals surface area contributed by atoms with Crippen LogP contribution in [0.3, 0.4) is 0 Å². The van der Waals surface area contributed by atoms with Crippen molar-refractivity contribution in [1.29, 1.82) is 0 Å². The van der Waals surface area contributed by atoms with E-state index < -0.39 is 36.2 Å². The number of amides is 2. The van der Waals surface area contributed by atoms with Gasteiger partial charge in [-0.1, -0.05) is 15.9 Å². The lowest BCUT2D eigenvalue weighted by molar-refractivity contribution is -0.147. The lowest BCUT2D eigenvalue weighted by Crippen LogP contribution is -2.46. The van der Waals surface area contributed by atoms with Gasteiger partial charge in [-0.3, -0.25) is 19.3 Å². The lowest BCUT2D eigenvalue weighted by atomic mass is 10.1. The van der Waals surface area contributed by atoms with E-state index in [9.17, 15) is 19.2 Å². The molecule has 0 aliphatic carbocycles. The first kappa shape index (κ1) is 14.2. The first-order valence-corrected chi connectivity index (χ1v) is 6.24. The zero-order chi connectivity index (χ0) is 15.0. The second kappa shape index (κ2) is 5.04. The summed E-state index contributed by atoms with van der Waals surface area (Å²) in [4.78, 5) is 46.5. The van der Waals surface area contributed by atoms with Crippen molar-refractivity contribution >= 4 is 39.7 Å². The van der Waals surface area contributed by atoms with Gasteiger partial charge in [-0.2, -0.15) is 0 Å². The third-order valence-electron chi connectivity index (χ3n) is 2.84. The van der Waals surface area contributed by atoms with E-state index in [2.05, 4.69) is 15.9 Å². The van der Waals surface area contributed by atoms with Crippen LogP contribution in [0.15, 0.2) is 22.7 Å². The standard InChI is InChI=1S/C12H8BrNO6/c13-5-1-2-6-7(3-5)11(18)14(10(6)17)8(12(19)20)4-9(15)16/h1-3,8H,4H2,(H,15,16)(H,19,20). The molecule has 0 spiro atoms. The molecule has 104 valence electrons. The van der Waals surface area contributed by atoms with Crippen molar-refractivity contribution in [3.63, 3.8) is 0 Å². The Morgan fingerprint density at radius 2 is 1.75 bits per heavy atom. The van der Waals surface area contributed by atoms with Crippen molar-refractivity contribution in [2.24, 2.45) is 0 Å². The normalized spacial score (nSPS) is 15.2. The summed E-state index contributed by atoms with van der Waals surface area (Å²) in [7, 11) is 0. The minimum Gasteiger partial charge on any atom is -0.481 e. The van der Waals surface area contributed by atoms with Gasteiger partial charge in [0.1, 0.15) is 6.04 Å². The van der Waals surface area contributed by atoms with Crippen LogP contribution in [0, 0.1) is 0 Å². The second-order valence-corrected chi connectivity index (χ2v) is 5.04. The molecule has 0 saturated carbocycles. The molecule has 1 atom stereocenters. The lowest BCUT2D eigenvalue weighted by Gasteiger charge is -2.20. The molecule has 0 bridgehead atoms. The third kappa shape index (κ3) is 2.29. The Morgan fingerprint density at radius 3 is 2.30 bits per heavy atom. The van der Waals surface area contributed by atoms with E-state index in [0.717, 1.165) is 0 Å². The highest BCUT2D eigenvalue weighted by molar-refractivity contribution is 9.10.